The van der Waals surface area contributed by atoms with Crippen molar-refractivity contribution in [2.45, 2.75) is 36.2 Å². The monoisotopic (exact) mass is 1110 g/mol. The molecule has 2 aliphatic rings. The number of rotatable bonds is 37. The Hall–Kier alpha value is -4.21. The number of carbonyl (C=O) groups excluding carboxylic acids is 1. The van der Waals surface area contributed by atoms with Crippen LogP contribution in [0.1, 0.15) is 12.6 Å². The maximum absolute atomic E-state index is 13.6. The van der Waals surface area contributed by atoms with Crippen LogP contribution in [0.4, 0.5) is 19.0 Å². The van der Waals surface area contributed by atoms with E-state index in [2.05, 4.69) is 34.4 Å². The second kappa shape index (κ2) is 31.6. The van der Waals surface area contributed by atoms with Gasteiger partial charge in [0.1, 0.15) is 42.3 Å². The summed E-state index contributed by atoms with van der Waals surface area (Å²) in [6, 6.07) is 0.817. The molecule has 0 spiro atoms. The highest BCUT2D eigenvalue weighted by atomic mass is 35.5. The van der Waals surface area contributed by atoms with Crippen LogP contribution in [-0.4, -0.2) is 222 Å². The van der Waals surface area contributed by atoms with Gasteiger partial charge in [-0.1, -0.05) is 0 Å². The molecule has 32 heteroatoms. The lowest BCUT2D eigenvalue weighted by molar-refractivity contribution is -0.136. The SMILES string of the molecule is NN=C(C=NCCOCCOCCOCCOCCC(=O)Oc1c(F)cc(F)cc1F)COCCOCCOCCOCCS(=O)(=O)C1CN(c2nc(Cl)nc3c2cnn3[C@@H]2O[C@H](CO[P+](=O)O)[C@@H](O)[C@H]2O)C1. The van der Waals surface area contributed by atoms with Gasteiger partial charge in [-0.15, -0.1) is 9.42 Å². The summed E-state index contributed by atoms with van der Waals surface area (Å²) in [6.45, 7) is 3.68. The van der Waals surface area contributed by atoms with E-state index in [1.54, 1.807) is 4.90 Å². The Morgan fingerprint density at radius 1 is 0.849 bits per heavy atom. The van der Waals surface area contributed by atoms with Gasteiger partial charge in [0.05, 0.1) is 141 Å². The average Bonchev–Trinajstić information content (AvgIpc) is 3.87. The standard InChI is InChI=1S/C41H57ClF3N8O18PS/c42-41-49-38(30-22-48-53(39(30)50-41)40-36(56)35(55)33(70-40)26-69-72(57)58)52-23-29(24-52)73(59,60)18-17-67-14-13-65-11-12-66-15-16-68-25-28(51-46)21-47-2-4-62-6-8-64-10-9-63-7-5-61-3-1-34(54)71-37-31(44)19-27(43)20-32(37)45/h19-22,29,33,35-36,40,55-56H,1-18,23-26H2,(H2-,46,47,57,58)/p+1/t33-,35-,36-,40-/m1/s1. The number of carbonyl (C=O) groups is 1. The highest BCUT2D eigenvalue weighted by Gasteiger charge is 2.46. The normalized spacial score (nSPS) is 18.9. The second-order valence-electron chi connectivity index (χ2n) is 15.5. The molecule has 1 aromatic carbocycles. The van der Waals surface area contributed by atoms with Crippen LogP contribution in [-0.2, 0) is 66.4 Å². The van der Waals surface area contributed by atoms with Gasteiger partial charge in [0.2, 0.25) is 11.0 Å². The Kier molecular flexibility index (Phi) is 25.8. The number of hydrogen-bond acceptors (Lipinski definition) is 24. The van der Waals surface area contributed by atoms with Crippen LogP contribution < -0.4 is 15.5 Å². The number of fused-ring (bicyclic) bond motifs is 1. The fraction of sp³-hybridized carbons (Fsp3) is 0.659. The van der Waals surface area contributed by atoms with Gasteiger partial charge in [-0.05, 0) is 11.6 Å². The maximum Gasteiger partial charge on any atom is 0.694 e. The molecule has 408 valence electrons. The van der Waals surface area contributed by atoms with E-state index < -0.39 is 83.7 Å². The number of ether oxygens (including phenoxy) is 10. The number of aromatic nitrogens is 4. The lowest BCUT2D eigenvalue weighted by Gasteiger charge is -2.39. The second-order valence-corrected chi connectivity index (χ2v) is 19.0. The van der Waals surface area contributed by atoms with E-state index in [9.17, 15) is 41.2 Å². The summed E-state index contributed by atoms with van der Waals surface area (Å²) in [6.07, 6.45) is -2.71. The number of nitrogens with two attached hydrogens (primary N) is 1. The van der Waals surface area contributed by atoms with Crippen LogP contribution in [0.5, 0.6) is 5.75 Å². The predicted molar refractivity (Wildman–Crippen MR) is 250 cm³/mol. The van der Waals surface area contributed by atoms with Gasteiger partial charge < -0.3 is 68.3 Å². The topological polar surface area (TPSA) is 328 Å². The van der Waals surface area contributed by atoms with Crippen molar-refractivity contribution in [2.75, 3.05) is 143 Å². The average molecular weight is 1110 g/mol. The minimum absolute atomic E-state index is 0.0272. The van der Waals surface area contributed by atoms with Gasteiger partial charge in [0.25, 0.3) is 0 Å². The molecule has 1 unspecified atom stereocenters. The number of aliphatic imine (C=N–C) groups is 1. The number of aliphatic hydroxyl groups excluding tert-OH is 2. The van der Waals surface area contributed by atoms with Crippen molar-refractivity contribution in [2.24, 2.45) is 15.9 Å². The van der Waals surface area contributed by atoms with E-state index in [-0.39, 0.29) is 102 Å². The molecule has 4 heterocycles. The first-order valence-corrected chi connectivity index (χ1v) is 25.8. The highest BCUT2D eigenvalue weighted by Crippen LogP contribution is 2.36. The van der Waals surface area contributed by atoms with Gasteiger partial charge in [0, 0.05) is 36.0 Å². The third-order valence-corrected chi connectivity index (χ3v) is 13.0. The van der Waals surface area contributed by atoms with Crippen molar-refractivity contribution >= 4 is 64.4 Å². The molecule has 73 heavy (non-hydrogen) atoms. The van der Waals surface area contributed by atoms with E-state index in [1.165, 1.54) is 17.1 Å². The molecule has 0 aliphatic carbocycles. The number of hydrazone groups is 1. The van der Waals surface area contributed by atoms with Crippen molar-refractivity contribution in [3.63, 3.8) is 0 Å². The molecule has 0 bridgehead atoms. The van der Waals surface area contributed by atoms with Crippen LogP contribution in [0, 0.1) is 17.5 Å². The van der Waals surface area contributed by atoms with Crippen molar-refractivity contribution < 1.29 is 97.9 Å². The summed E-state index contributed by atoms with van der Waals surface area (Å²) in [7, 11) is -6.49. The minimum Gasteiger partial charge on any atom is -0.420 e. The first-order chi connectivity index (χ1) is 35.2. The van der Waals surface area contributed by atoms with Crippen molar-refractivity contribution in [3.05, 3.63) is 41.1 Å². The Morgan fingerprint density at radius 2 is 1.41 bits per heavy atom. The predicted octanol–water partition coefficient (Wildman–Crippen LogP) is 0.300. The first kappa shape index (κ1) is 59.7. The number of esters is 1. The van der Waals surface area contributed by atoms with E-state index >= 15 is 0 Å². The van der Waals surface area contributed by atoms with E-state index in [4.69, 9.17) is 65.0 Å². The summed E-state index contributed by atoms with van der Waals surface area (Å²) in [5, 5.41) is 28.4. The Bertz CT molecular complexity index is 2360. The van der Waals surface area contributed by atoms with Crippen LogP contribution in [0.2, 0.25) is 5.28 Å². The molecule has 0 amide bonds. The quantitative estimate of drug-likeness (QED) is 0.00882. The molecule has 2 aliphatic heterocycles. The van der Waals surface area contributed by atoms with Gasteiger partial charge in [-0.3, -0.25) is 9.79 Å². The molecular formula is C41H58ClF3N8O18PS+. The summed E-state index contributed by atoms with van der Waals surface area (Å²) in [4.78, 5) is 35.0. The van der Waals surface area contributed by atoms with Crippen molar-refractivity contribution in [1.29, 1.82) is 0 Å². The Balaban J connectivity index is 0.789. The largest absolute Gasteiger partial charge is 0.694 e. The highest BCUT2D eigenvalue weighted by molar-refractivity contribution is 7.92. The molecule has 5 rings (SSSR count). The summed E-state index contributed by atoms with van der Waals surface area (Å²) < 4.78 is 137. The number of anilines is 1. The number of halogens is 4. The molecule has 3 aromatic rings. The van der Waals surface area contributed by atoms with Crippen LogP contribution >= 0.6 is 19.9 Å². The summed E-state index contributed by atoms with van der Waals surface area (Å²) >= 11 is 6.21. The molecule has 2 saturated heterocycles. The third kappa shape index (κ3) is 19.8. The Labute approximate surface area is 422 Å². The zero-order chi connectivity index (χ0) is 52.6. The molecule has 5 atom stereocenters. The Morgan fingerprint density at radius 3 is 2.00 bits per heavy atom. The number of hydrogen-bond donors (Lipinski definition) is 4. The number of nitrogens with zero attached hydrogens (tertiary/aromatic N) is 7. The van der Waals surface area contributed by atoms with Gasteiger partial charge in [-0.25, -0.2) is 26.3 Å². The fourth-order valence-electron chi connectivity index (χ4n) is 6.64. The molecule has 5 N–H and O–H groups in total. The zero-order valence-corrected chi connectivity index (χ0v) is 41.8. The van der Waals surface area contributed by atoms with Crippen molar-refractivity contribution in [3.8, 4) is 5.75 Å². The summed E-state index contributed by atoms with van der Waals surface area (Å²) in [5.74, 6) is -0.141. The van der Waals surface area contributed by atoms with Crippen LogP contribution in [0.15, 0.2) is 28.4 Å². The zero-order valence-electron chi connectivity index (χ0n) is 39.3. The molecule has 0 saturated carbocycles. The molecule has 2 aromatic heterocycles. The van der Waals surface area contributed by atoms with Gasteiger partial charge in [-0.2, -0.15) is 20.2 Å². The number of sulfone groups is 1. The number of aliphatic hydroxyl groups is 2. The molecule has 26 nitrogen and oxygen atoms in total. The van der Waals surface area contributed by atoms with Gasteiger partial charge in [0.15, 0.2) is 33.3 Å². The lowest BCUT2D eigenvalue weighted by atomic mass is 10.1. The van der Waals surface area contributed by atoms with Crippen LogP contribution in [0.25, 0.3) is 11.0 Å². The fourth-order valence-corrected chi connectivity index (χ4v) is 8.57. The maximum atomic E-state index is 13.6. The van der Waals surface area contributed by atoms with E-state index in [1.807, 2.05) is 0 Å². The van der Waals surface area contributed by atoms with E-state index in [0.29, 0.717) is 75.2 Å². The van der Waals surface area contributed by atoms with Crippen molar-refractivity contribution in [1.82, 2.24) is 19.7 Å². The third-order valence-electron chi connectivity index (χ3n) is 10.4. The van der Waals surface area contributed by atoms with Crippen LogP contribution in [0.3, 0.4) is 0 Å². The molecular weight excluding hydrogens is 1050 g/mol. The van der Waals surface area contributed by atoms with E-state index in [0.717, 1.165) is 0 Å². The first-order valence-electron chi connectivity index (χ1n) is 22.6. The number of benzene rings is 1. The molecule has 0 radical (unpaired) electrons. The smallest absolute Gasteiger partial charge is 0.420 e. The minimum atomic E-state index is -3.53. The summed E-state index contributed by atoms with van der Waals surface area (Å²) in [5.41, 5.74) is 0.568. The lowest BCUT2D eigenvalue weighted by Crippen LogP contribution is -2.56. The molecule has 2 fully saturated rings. The van der Waals surface area contributed by atoms with Gasteiger partial charge >= 0.3 is 14.2 Å².